The van der Waals surface area contributed by atoms with Crippen LogP contribution in [0.5, 0.6) is 0 Å². The third-order valence-corrected chi connectivity index (χ3v) is 7.70. The summed E-state index contributed by atoms with van der Waals surface area (Å²) in [5, 5.41) is 2.69. The molecular formula is C22H20Cl2N2O5S2. The van der Waals surface area contributed by atoms with Crippen molar-refractivity contribution in [1.29, 1.82) is 0 Å². The number of hydrogen-bond acceptors (Lipinski definition) is 6. The van der Waals surface area contributed by atoms with Gasteiger partial charge in [0.15, 0.2) is 6.10 Å². The second-order valence-electron chi connectivity index (χ2n) is 6.96. The zero-order valence-corrected chi connectivity index (χ0v) is 20.7. The van der Waals surface area contributed by atoms with Gasteiger partial charge in [0, 0.05) is 11.4 Å². The number of amides is 1. The number of esters is 1. The Labute approximate surface area is 205 Å². The maximum absolute atomic E-state index is 12.5. The second kappa shape index (κ2) is 10.6. The molecule has 0 fully saturated rings. The molecular weight excluding hydrogens is 507 g/mol. The second-order valence-corrected chi connectivity index (χ2v) is 10.9. The molecule has 0 spiro atoms. The van der Waals surface area contributed by atoms with Crippen LogP contribution in [0.15, 0.2) is 59.5 Å². The Morgan fingerprint density at radius 1 is 1.03 bits per heavy atom. The average molecular weight is 527 g/mol. The molecule has 33 heavy (non-hydrogen) atoms. The lowest BCUT2D eigenvalue weighted by Crippen LogP contribution is -2.30. The molecule has 1 amide bonds. The van der Waals surface area contributed by atoms with Gasteiger partial charge < -0.3 is 10.1 Å². The van der Waals surface area contributed by atoms with Gasteiger partial charge in [-0.2, -0.15) is 0 Å². The Morgan fingerprint density at radius 3 is 2.18 bits per heavy atom. The molecule has 0 aliphatic rings. The van der Waals surface area contributed by atoms with Crippen LogP contribution < -0.4 is 10.0 Å². The maximum Gasteiger partial charge on any atom is 0.338 e. The Morgan fingerprint density at radius 2 is 1.64 bits per heavy atom. The first-order valence-corrected chi connectivity index (χ1v) is 12.8. The van der Waals surface area contributed by atoms with Crippen LogP contribution in [-0.2, 0) is 26.0 Å². The molecule has 3 aromatic rings. The van der Waals surface area contributed by atoms with Crippen molar-refractivity contribution in [3.63, 3.8) is 0 Å². The van der Waals surface area contributed by atoms with Crippen LogP contribution in [0.1, 0.15) is 29.8 Å². The van der Waals surface area contributed by atoms with Gasteiger partial charge in [0.2, 0.25) is 0 Å². The predicted molar refractivity (Wildman–Crippen MR) is 131 cm³/mol. The van der Waals surface area contributed by atoms with Crippen molar-refractivity contribution >= 4 is 67.8 Å². The highest BCUT2D eigenvalue weighted by Crippen LogP contribution is 2.35. The van der Waals surface area contributed by atoms with Gasteiger partial charge in [-0.15, -0.1) is 11.3 Å². The molecule has 174 valence electrons. The smallest absolute Gasteiger partial charge is 0.338 e. The molecule has 3 rings (SSSR count). The van der Waals surface area contributed by atoms with Crippen molar-refractivity contribution < 1.29 is 22.7 Å². The van der Waals surface area contributed by atoms with Crippen molar-refractivity contribution in [1.82, 2.24) is 0 Å². The number of nitrogens with one attached hydrogen (secondary N) is 2. The highest BCUT2D eigenvalue weighted by molar-refractivity contribution is 7.93. The van der Waals surface area contributed by atoms with Gasteiger partial charge in [-0.1, -0.05) is 42.3 Å². The minimum absolute atomic E-state index is 0.0428. The van der Waals surface area contributed by atoms with Gasteiger partial charge in [0.1, 0.15) is 9.23 Å². The number of carbonyl (C=O) groups is 2. The van der Waals surface area contributed by atoms with E-state index in [0.29, 0.717) is 5.69 Å². The van der Waals surface area contributed by atoms with E-state index in [2.05, 4.69) is 10.0 Å². The molecule has 0 aliphatic carbocycles. The summed E-state index contributed by atoms with van der Waals surface area (Å²) in [7, 11) is -3.95. The zero-order chi connectivity index (χ0) is 24.2. The van der Waals surface area contributed by atoms with Crippen LogP contribution in [0.3, 0.4) is 0 Å². The van der Waals surface area contributed by atoms with Crippen molar-refractivity contribution in [2.24, 2.45) is 0 Å². The first-order valence-electron chi connectivity index (χ1n) is 9.77. The van der Waals surface area contributed by atoms with E-state index >= 15 is 0 Å². The van der Waals surface area contributed by atoms with Gasteiger partial charge >= 0.3 is 5.97 Å². The lowest BCUT2D eigenvalue weighted by molar-refractivity contribution is -0.123. The summed E-state index contributed by atoms with van der Waals surface area (Å²) >= 11 is 12.7. The summed E-state index contributed by atoms with van der Waals surface area (Å²) in [6.07, 6.45) is -0.148. The minimum Gasteiger partial charge on any atom is -0.449 e. The number of sulfonamides is 1. The van der Waals surface area contributed by atoms with Crippen molar-refractivity contribution in [2.45, 2.75) is 31.3 Å². The van der Waals surface area contributed by atoms with E-state index in [9.17, 15) is 18.0 Å². The number of thiophene rings is 1. The summed E-state index contributed by atoms with van der Waals surface area (Å²) < 4.78 is 32.8. The number of ether oxygens (including phenoxy) is 1. The number of aryl methyl sites for hydroxylation is 1. The fraction of sp³-hybridized carbons (Fsp3) is 0.182. The normalized spacial score (nSPS) is 12.1. The molecule has 0 aliphatic heterocycles. The van der Waals surface area contributed by atoms with Crippen molar-refractivity contribution in [2.75, 3.05) is 10.0 Å². The van der Waals surface area contributed by atoms with Crippen LogP contribution in [0.4, 0.5) is 11.4 Å². The van der Waals surface area contributed by atoms with E-state index in [1.54, 1.807) is 12.1 Å². The number of hydrogen-bond donors (Lipinski definition) is 2. The topological polar surface area (TPSA) is 102 Å². The summed E-state index contributed by atoms with van der Waals surface area (Å²) in [4.78, 5) is 24.6. The standard InChI is InChI=1S/C22H20Cl2N2O5S2/c1-3-14-4-8-16(9-5-14)25-21(27)13(2)31-22(28)15-6-10-17(11-7-15)26-33(29,30)18-12-19(23)32-20(18)24/h4-13,26H,3H2,1-2H3,(H,25,27)/t13-/m0/s1. The lowest BCUT2D eigenvalue weighted by Gasteiger charge is -2.14. The van der Waals surface area contributed by atoms with E-state index in [4.69, 9.17) is 27.9 Å². The fourth-order valence-electron chi connectivity index (χ4n) is 2.74. The number of benzene rings is 2. The van der Waals surface area contributed by atoms with Crippen molar-refractivity contribution in [3.8, 4) is 0 Å². The van der Waals surface area contributed by atoms with E-state index in [-0.39, 0.29) is 24.8 Å². The molecule has 0 saturated carbocycles. The lowest BCUT2D eigenvalue weighted by atomic mass is 10.1. The first kappa shape index (κ1) is 25.0. The van der Waals surface area contributed by atoms with E-state index in [1.165, 1.54) is 37.3 Å². The monoisotopic (exact) mass is 526 g/mol. The van der Waals surface area contributed by atoms with E-state index in [1.807, 2.05) is 19.1 Å². The van der Waals surface area contributed by atoms with Gasteiger partial charge in [-0.25, -0.2) is 13.2 Å². The summed E-state index contributed by atoms with van der Waals surface area (Å²) in [5.74, 6) is -1.19. The molecule has 0 bridgehead atoms. The van der Waals surface area contributed by atoms with E-state index < -0.39 is 28.0 Å². The van der Waals surface area contributed by atoms with Gasteiger partial charge in [-0.05, 0) is 61.4 Å². The number of anilines is 2. The third kappa shape index (κ3) is 6.48. The fourth-order valence-corrected chi connectivity index (χ4v) is 5.95. The van der Waals surface area contributed by atoms with E-state index in [0.717, 1.165) is 23.3 Å². The first-order chi connectivity index (χ1) is 15.6. The Balaban J connectivity index is 1.60. The van der Waals surface area contributed by atoms with Crippen LogP contribution in [-0.4, -0.2) is 26.4 Å². The van der Waals surface area contributed by atoms with Crippen molar-refractivity contribution in [3.05, 3.63) is 74.4 Å². The largest absolute Gasteiger partial charge is 0.449 e. The zero-order valence-electron chi connectivity index (χ0n) is 17.6. The summed E-state index contributed by atoms with van der Waals surface area (Å²) in [5.41, 5.74) is 2.11. The molecule has 2 aromatic carbocycles. The van der Waals surface area contributed by atoms with Gasteiger partial charge in [0.25, 0.3) is 15.9 Å². The molecule has 7 nitrogen and oxygen atoms in total. The highest BCUT2D eigenvalue weighted by atomic mass is 35.5. The number of rotatable bonds is 8. The van der Waals surface area contributed by atoms with Gasteiger partial charge in [0.05, 0.1) is 9.90 Å². The molecule has 0 unspecified atom stereocenters. The molecule has 1 aromatic heterocycles. The minimum atomic E-state index is -3.95. The maximum atomic E-state index is 12.5. The quantitative estimate of drug-likeness (QED) is 0.372. The Bertz CT molecular complexity index is 1260. The SMILES string of the molecule is CCc1ccc(NC(=O)[C@H](C)OC(=O)c2ccc(NS(=O)(=O)c3cc(Cl)sc3Cl)cc2)cc1. The predicted octanol–water partition coefficient (Wildman–Crippen LogP) is 5.60. The number of halogens is 2. The van der Waals surface area contributed by atoms with Crippen LogP contribution in [0, 0.1) is 0 Å². The molecule has 1 heterocycles. The molecule has 1 atom stereocenters. The van der Waals surface area contributed by atoms with Gasteiger partial charge in [-0.3, -0.25) is 9.52 Å². The molecule has 2 N–H and O–H groups in total. The molecule has 0 saturated heterocycles. The number of carbonyl (C=O) groups excluding carboxylic acids is 2. The van der Waals surface area contributed by atoms with Crippen LogP contribution in [0.25, 0.3) is 0 Å². The van der Waals surface area contributed by atoms with Crippen LogP contribution >= 0.6 is 34.5 Å². The Kier molecular flexibility index (Phi) is 8.01. The van der Waals surface area contributed by atoms with Crippen LogP contribution in [0.2, 0.25) is 8.67 Å². The summed E-state index contributed by atoms with van der Waals surface area (Å²) in [6.45, 7) is 3.50. The Hall–Kier alpha value is -2.59. The molecule has 0 radical (unpaired) electrons. The summed E-state index contributed by atoms with van der Waals surface area (Å²) in [6, 6.07) is 14.2. The molecule has 11 heteroatoms. The third-order valence-electron chi connectivity index (χ3n) is 4.57. The highest BCUT2D eigenvalue weighted by Gasteiger charge is 2.22. The average Bonchev–Trinajstić information content (AvgIpc) is 3.13.